The molecule has 0 saturated carbocycles. The lowest BCUT2D eigenvalue weighted by Crippen LogP contribution is -2.07. The summed E-state index contributed by atoms with van der Waals surface area (Å²) in [5.41, 5.74) is 8.09. The molecule has 0 aliphatic rings. The van der Waals surface area contributed by atoms with Crippen LogP contribution in [0.25, 0.3) is 11.3 Å². The van der Waals surface area contributed by atoms with E-state index in [0.29, 0.717) is 47.0 Å². The van der Waals surface area contributed by atoms with Gasteiger partial charge in [-0.3, -0.25) is 4.79 Å². The molecule has 0 bridgehead atoms. The molecular formula is C16H20FN3O. The van der Waals surface area contributed by atoms with Crippen LogP contribution in [0.2, 0.25) is 0 Å². The molecule has 112 valence electrons. The van der Waals surface area contributed by atoms with Crippen LogP contribution in [0.5, 0.6) is 0 Å². The Bertz CT molecular complexity index is 662. The number of aromatic nitrogens is 2. The van der Waals surface area contributed by atoms with Crippen molar-refractivity contribution in [1.29, 1.82) is 0 Å². The van der Waals surface area contributed by atoms with Gasteiger partial charge in [0.05, 0.1) is 5.56 Å². The van der Waals surface area contributed by atoms with E-state index in [0.717, 1.165) is 6.42 Å². The monoisotopic (exact) mass is 289 g/mol. The number of carbonyl (C=O) groups excluding carboxylic acids is 1. The Hall–Kier alpha value is -2.17. The molecular weight excluding hydrogens is 269 g/mol. The molecule has 0 aliphatic carbocycles. The number of hydrogen-bond acceptors (Lipinski definition) is 3. The van der Waals surface area contributed by atoms with E-state index in [1.807, 2.05) is 0 Å². The molecule has 2 rings (SSSR count). The van der Waals surface area contributed by atoms with Gasteiger partial charge in [0.15, 0.2) is 6.29 Å². The van der Waals surface area contributed by atoms with Gasteiger partial charge in [-0.15, -0.1) is 0 Å². The van der Waals surface area contributed by atoms with Crippen LogP contribution in [-0.2, 0) is 6.54 Å². The first-order valence-corrected chi connectivity index (χ1v) is 7.02. The lowest BCUT2D eigenvalue weighted by Gasteiger charge is -2.06. The zero-order valence-electron chi connectivity index (χ0n) is 12.6. The number of rotatable bonds is 5. The van der Waals surface area contributed by atoms with Gasteiger partial charge in [-0.05, 0) is 43.0 Å². The summed E-state index contributed by atoms with van der Waals surface area (Å²) in [6.07, 6.45) is 1.63. The second kappa shape index (κ2) is 6.08. The molecule has 5 heteroatoms. The fourth-order valence-corrected chi connectivity index (χ4v) is 2.16. The Morgan fingerprint density at radius 2 is 2.14 bits per heavy atom. The number of halogens is 1. The van der Waals surface area contributed by atoms with E-state index in [1.165, 1.54) is 6.07 Å². The van der Waals surface area contributed by atoms with Crippen molar-refractivity contribution in [1.82, 2.24) is 9.78 Å². The van der Waals surface area contributed by atoms with Gasteiger partial charge in [0.1, 0.15) is 17.3 Å². The summed E-state index contributed by atoms with van der Waals surface area (Å²) in [6.45, 7) is 6.57. The summed E-state index contributed by atoms with van der Waals surface area (Å²) in [6, 6.07) is 4.67. The predicted molar refractivity (Wildman–Crippen MR) is 81.6 cm³/mol. The SMILES string of the molecule is Cc1cc(-c2nn(CCC(C)C)c(N)c2C=O)ccc1F. The van der Waals surface area contributed by atoms with Crippen molar-refractivity contribution >= 4 is 12.1 Å². The van der Waals surface area contributed by atoms with E-state index in [9.17, 15) is 9.18 Å². The standard InChI is InChI=1S/C16H20FN3O/c1-10(2)6-7-20-16(18)13(9-21)15(19-20)12-4-5-14(17)11(3)8-12/h4-5,8-10H,6-7,18H2,1-3H3. The van der Waals surface area contributed by atoms with E-state index >= 15 is 0 Å². The van der Waals surface area contributed by atoms with E-state index in [4.69, 9.17) is 5.73 Å². The first kappa shape index (κ1) is 15.2. The number of aryl methyl sites for hydroxylation is 2. The normalized spacial score (nSPS) is 11.1. The van der Waals surface area contributed by atoms with E-state index < -0.39 is 0 Å². The fraction of sp³-hybridized carbons (Fsp3) is 0.375. The van der Waals surface area contributed by atoms with Crippen molar-refractivity contribution in [2.45, 2.75) is 33.7 Å². The van der Waals surface area contributed by atoms with Crippen LogP contribution >= 0.6 is 0 Å². The van der Waals surface area contributed by atoms with E-state index in [1.54, 1.807) is 23.7 Å². The van der Waals surface area contributed by atoms with Gasteiger partial charge in [-0.25, -0.2) is 9.07 Å². The molecule has 0 aliphatic heterocycles. The second-order valence-corrected chi connectivity index (χ2v) is 5.64. The molecule has 0 spiro atoms. The van der Waals surface area contributed by atoms with Crippen LogP contribution in [-0.4, -0.2) is 16.1 Å². The minimum Gasteiger partial charge on any atom is -0.383 e. The average molecular weight is 289 g/mol. The molecule has 0 saturated heterocycles. The summed E-state index contributed by atoms with van der Waals surface area (Å²) in [5.74, 6) is 0.603. The number of benzene rings is 1. The van der Waals surface area contributed by atoms with Crippen LogP contribution < -0.4 is 5.73 Å². The minimum atomic E-state index is -0.279. The first-order chi connectivity index (χ1) is 9.93. The molecule has 1 aromatic heterocycles. The number of aldehydes is 1. The third kappa shape index (κ3) is 3.12. The largest absolute Gasteiger partial charge is 0.383 e. The molecule has 0 amide bonds. The summed E-state index contributed by atoms with van der Waals surface area (Å²) in [7, 11) is 0. The van der Waals surface area contributed by atoms with Crippen molar-refractivity contribution in [3.05, 3.63) is 35.1 Å². The van der Waals surface area contributed by atoms with Crippen LogP contribution in [0.4, 0.5) is 10.2 Å². The number of nitrogen functional groups attached to an aromatic ring is 1. The van der Waals surface area contributed by atoms with E-state index in [2.05, 4.69) is 18.9 Å². The number of anilines is 1. The van der Waals surface area contributed by atoms with Crippen molar-refractivity contribution < 1.29 is 9.18 Å². The quantitative estimate of drug-likeness (QED) is 0.858. The Kier molecular flexibility index (Phi) is 4.40. The van der Waals surface area contributed by atoms with Gasteiger partial charge in [-0.1, -0.05) is 13.8 Å². The van der Waals surface area contributed by atoms with Crippen LogP contribution in [0.1, 0.15) is 36.2 Å². The Balaban J connectivity index is 2.45. The molecule has 0 unspecified atom stereocenters. The highest BCUT2D eigenvalue weighted by Crippen LogP contribution is 2.27. The molecule has 2 N–H and O–H groups in total. The topological polar surface area (TPSA) is 60.9 Å². The van der Waals surface area contributed by atoms with Crippen molar-refractivity contribution in [3.8, 4) is 11.3 Å². The molecule has 0 atom stereocenters. The Morgan fingerprint density at radius 3 is 2.71 bits per heavy atom. The average Bonchev–Trinajstić information content (AvgIpc) is 2.76. The smallest absolute Gasteiger partial charge is 0.156 e. The third-order valence-corrected chi connectivity index (χ3v) is 3.50. The zero-order valence-corrected chi connectivity index (χ0v) is 12.6. The van der Waals surface area contributed by atoms with Crippen molar-refractivity contribution in [2.24, 2.45) is 5.92 Å². The maximum Gasteiger partial charge on any atom is 0.156 e. The second-order valence-electron chi connectivity index (χ2n) is 5.64. The number of nitrogens with zero attached hydrogens (tertiary/aromatic N) is 2. The summed E-state index contributed by atoms with van der Waals surface area (Å²) < 4.78 is 15.0. The molecule has 2 aromatic rings. The van der Waals surface area contributed by atoms with E-state index in [-0.39, 0.29) is 5.82 Å². The summed E-state index contributed by atoms with van der Waals surface area (Å²) in [5, 5.41) is 4.43. The molecule has 21 heavy (non-hydrogen) atoms. The van der Waals surface area contributed by atoms with Crippen molar-refractivity contribution in [2.75, 3.05) is 5.73 Å². The van der Waals surface area contributed by atoms with Gasteiger partial charge in [0, 0.05) is 12.1 Å². The Morgan fingerprint density at radius 1 is 1.43 bits per heavy atom. The number of nitrogens with two attached hydrogens (primary N) is 1. The fourth-order valence-electron chi connectivity index (χ4n) is 2.16. The van der Waals surface area contributed by atoms with Gasteiger partial charge < -0.3 is 5.73 Å². The van der Waals surface area contributed by atoms with Gasteiger partial charge in [0.25, 0.3) is 0 Å². The molecule has 4 nitrogen and oxygen atoms in total. The van der Waals surface area contributed by atoms with Crippen LogP contribution in [0, 0.1) is 18.7 Å². The minimum absolute atomic E-state index is 0.279. The lowest BCUT2D eigenvalue weighted by molar-refractivity contribution is 0.112. The van der Waals surface area contributed by atoms with Gasteiger partial charge in [-0.2, -0.15) is 5.10 Å². The summed E-state index contributed by atoms with van der Waals surface area (Å²) in [4.78, 5) is 11.3. The van der Waals surface area contributed by atoms with Crippen LogP contribution in [0.15, 0.2) is 18.2 Å². The maximum atomic E-state index is 13.4. The Labute approximate surface area is 123 Å². The summed E-state index contributed by atoms with van der Waals surface area (Å²) >= 11 is 0. The molecule has 1 heterocycles. The third-order valence-electron chi connectivity index (χ3n) is 3.50. The lowest BCUT2D eigenvalue weighted by atomic mass is 10.1. The zero-order chi connectivity index (χ0) is 15.6. The van der Waals surface area contributed by atoms with Crippen molar-refractivity contribution in [3.63, 3.8) is 0 Å². The van der Waals surface area contributed by atoms with Gasteiger partial charge in [0.2, 0.25) is 0 Å². The number of carbonyl (C=O) groups is 1. The molecule has 1 aromatic carbocycles. The maximum absolute atomic E-state index is 13.4. The number of hydrogen-bond donors (Lipinski definition) is 1. The highest BCUT2D eigenvalue weighted by molar-refractivity contribution is 5.91. The highest BCUT2D eigenvalue weighted by atomic mass is 19.1. The molecule has 0 radical (unpaired) electrons. The first-order valence-electron chi connectivity index (χ1n) is 7.02. The predicted octanol–water partition coefficient (Wildman–Crippen LogP) is 3.44. The molecule has 0 fully saturated rings. The van der Waals surface area contributed by atoms with Gasteiger partial charge >= 0.3 is 0 Å². The highest BCUT2D eigenvalue weighted by Gasteiger charge is 2.17. The van der Waals surface area contributed by atoms with Crippen LogP contribution in [0.3, 0.4) is 0 Å².